The number of hydrogen-bond donors (Lipinski definition) is 2. The zero-order valence-corrected chi connectivity index (χ0v) is 9.22. The van der Waals surface area contributed by atoms with E-state index in [2.05, 4.69) is 15.4 Å². The van der Waals surface area contributed by atoms with Crippen LogP contribution in [-0.2, 0) is 4.79 Å². The van der Waals surface area contributed by atoms with E-state index in [1.165, 1.54) is 7.11 Å². The van der Waals surface area contributed by atoms with Gasteiger partial charge in [-0.2, -0.15) is 0 Å². The second-order valence-electron chi connectivity index (χ2n) is 3.81. The molecule has 1 aliphatic rings. The molecule has 1 fully saturated rings. The Hall–Kier alpha value is -1.69. The van der Waals surface area contributed by atoms with E-state index in [0.717, 1.165) is 12.1 Å². The molecule has 1 heterocycles. The van der Waals surface area contributed by atoms with Crippen LogP contribution in [-0.4, -0.2) is 26.1 Å². The van der Waals surface area contributed by atoms with Crippen molar-refractivity contribution in [2.75, 3.05) is 25.5 Å². The van der Waals surface area contributed by atoms with E-state index in [0.29, 0.717) is 13.1 Å². The molecule has 1 aromatic carbocycles. The van der Waals surface area contributed by atoms with E-state index in [-0.39, 0.29) is 23.3 Å². The summed E-state index contributed by atoms with van der Waals surface area (Å²) in [6.45, 7) is 1.12. The molecule has 0 radical (unpaired) electrons. The zero-order valence-electron chi connectivity index (χ0n) is 9.22. The molecule has 2 rings (SSSR count). The maximum absolute atomic E-state index is 13.5. The lowest BCUT2D eigenvalue weighted by atomic mass is 10.0. The van der Waals surface area contributed by atoms with Gasteiger partial charge >= 0.3 is 0 Å². The number of carbonyl (C=O) groups excluding carboxylic acids is 1. The lowest BCUT2D eigenvalue weighted by molar-refractivity contribution is -0.121. The summed E-state index contributed by atoms with van der Waals surface area (Å²) in [7, 11) is 1.25. The van der Waals surface area contributed by atoms with Crippen LogP contribution in [0.4, 0.5) is 14.5 Å². The Morgan fingerprint density at radius 2 is 2.12 bits per heavy atom. The molecule has 92 valence electrons. The first-order valence-electron chi connectivity index (χ1n) is 5.16. The Kier molecular flexibility index (Phi) is 3.23. The minimum absolute atomic E-state index is 0.166. The third kappa shape index (κ3) is 2.36. The zero-order chi connectivity index (χ0) is 12.4. The second-order valence-corrected chi connectivity index (χ2v) is 3.81. The van der Waals surface area contributed by atoms with Gasteiger partial charge in [-0.15, -0.1) is 0 Å². The largest absolute Gasteiger partial charge is 0.494 e. The number of ether oxygens (including phenoxy) is 1. The smallest absolute Gasteiger partial charge is 0.230 e. The maximum atomic E-state index is 13.5. The van der Waals surface area contributed by atoms with E-state index in [4.69, 9.17) is 0 Å². The van der Waals surface area contributed by atoms with E-state index in [1.54, 1.807) is 0 Å². The van der Waals surface area contributed by atoms with Crippen LogP contribution < -0.4 is 15.4 Å². The third-order valence-corrected chi connectivity index (χ3v) is 2.65. The summed E-state index contributed by atoms with van der Waals surface area (Å²) in [5.41, 5.74) is -0.166. The summed E-state index contributed by atoms with van der Waals surface area (Å²) in [6, 6.07) is 1.82. The van der Waals surface area contributed by atoms with Gasteiger partial charge in [0, 0.05) is 25.2 Å². The summed E-state index contributed by atoms with van der Waals surface area (Å²) >= 11 is 0. The average molecular weight is 242 g/mol. The fourth-order valence-electron chi connectivity index (χ4n) is 1.49. The van der Waals surface area contributed by atoms with Gasteiger partial charge in [-0.05, 0) is 0 Å². The van der Waals surface area contributed by atoms with Crippen LogP contribution in [0.25, 0.3) is 0 Å². The Labute approximate surface area is 97.0 Å². The van der Waals surface area contributed by atoms with Gasteiger partial charge in [-0.3, -0.25) is 4.79 Å². The molecule has 17 heavy (non-hydrogen) atoms. The highest BCUT2D eigenvalue weighted by molar-refractivity contribution is 5.93. The molecule has 0 aliphatic carbocycles. The molecule has 2 N–H and O–H groups in total. The van der Waals surface area contributed by atoms with Gasteiger partial charge < -0.3 is 15.4 Å². The molecule has 6 heteroatoms. The van der Waals surface area contributed by atoms with Crippen molar-refractivity contribution in [2.24, 2.45) is 5.92 Å². The Balaban J connectivity index is 2.15. The van der Waals surface area contributed by atoms with Crippen molar-refractivity contribution >= 4 is 11.6 Å². The average Bonchev–Trinajstić information content (AvgIpc) is 2.20. The molecule has 0 aromatic heterocycles. The minimum atomic E-state index is -0.719. The van der Waals surface area contributed by atoms with Gasteiger partial charge in [0.15, 0.2) is 17.4 Å². The van der Waals surface area contributed by atoms with Crippen LogP contribution in [0.1, 0.15) is 0 Å². The van der Waals surface area contributed by atoms with Gasteiger partial charge in [-0.1, -0.05) is 0 Å². The van der Waals surface area contributed by atoms with Crippen LogP contribution in [0.15, 0.2) is 12.1 Å². The highest BCUT2D eigenvalue weighted by atomic mass is 19.1. The fraction of sp³-hybridized carbons (Fsp3) is 0.364. The fourth-order valence-corrected chi connectivity index (χ4v) is 1.49. The van der Waals surface area contributed by atoms with Crippen molar-refractivity contribution in [3.63, 3.8) is 0 Å². The topological polar surface area (TPSA) is 50.4 Å². The van der Waals surface area contributed by atoms with Crippen LogP contribution in [0, 0.1) is 17.6 Å². The van der Waals surface area contributed by atoms with Crippen LogP contribution in [0.3, 0.4) is 0 Å². The van der Waals surface area contributed by atoms with Crippen molar-refractivity contribution in [2.45, 2.75) is 0 Å². The van der Waals surface area contributed by atoms with Crippen molar-refractivity contribution < 1.29 is 18.3 Å². The van der Waals surface area contributed by atoms with E-state index >= 15 is 0 Å². The first-order valence-corrected chi connectivity index (χ1v) is 5.16. The van der Waals surface area contributed by atoms with Crippen molar-refractivity contribution in [1.29, 1.82) is 0 Å². The summed E-state index contributed by atoms with van der Waals surface area (Å²) in [5, 5.41) is 5.28. The molecule has 0 atom stereocenters. The van der Waals surface area contributed by atoms with Crippen LogP contribution >= 0.6 is 0 Å². The van der Waals surface area contributed by atoms with Gasteiger partial charge in [0.2, 0.25) is 5.91 Å². The quantitative estimate of drug-likeness (QED) is 0.835. The van der Waals surface area contributed by atoms with Gasteiger partial charge in [0.1, 0.15) is 0 Å². The van der Waals surface area contributed by atoms with E-state index in [1.807, 2.05) is 0 Å². The number of carbonyl (C=O) groups is 1. The van der Waals surface area contributed by atoms with Crippen LogP contribution in [0.2, 0.25) is 0 Å². The molecule has 0 saturated carbocycles. The first-order chi connectivity index (χ1) is 8.11. The molecule has 1 aliphatic heterocycles. The summed E-state index contributed by atoms with van der Waals surface area (Å²) in [6.07, 6.45) is 0. The number of amides is 1. The van der Waals surface area contributed by atoms with Crippen molar-refractivity contribution in [1.82, 2.24) is 5.32 Å². The lowest BCUT2D eigenvalue weighted by Gasteiger charge is -2.25. The predicted octanol–water partition coefficient (Wildman–Crippen LogP) is 1.13. The predicted molar refractivity (Wildman–Crippen MR) is 57.9 cm³/mol. The van der Waals surface area contributed by atoms with Crippen molar-refractivity contribution in [3.05, 3.63) is 23.8 Å². The normalized spacial score (nSPS) is 15.2. The molecular weight excluding hydrogens is 230 g/mol. The Morgan fingerprint density at radius 3 is 2.65 bits per heavy atom. The second kappa shape index (κ2) is 4.67. The number of hydrogen-bond acceptors (Lipinski definition) is 3. The summed E-state index contributed by atoms with van der Waals surface area (Å²) < 4.78 is 31.4. The van der Waals surface area contributed by atoms with Crippen molar-refractivity contribution in [3.8, 4) is 5.75 Å². The number of nitrogens with one attached hydrogen (secondary N) is 2. The molecule has 0 unspecified atom stereocenters. The number of benzene rings is 1. The van der Waals surface area contributed by atoms with E-state index < -0.39 is 11.6 Å². The van der Waals surface area contributed by atoms with Gasteiger partial charge in [0.05, 0.1) is 18.7 Å². The first kappa shape index (κ1) is 11.8. The number of halogens is 2. The maximum Gasteiger partial charge on any atom is 0.230 e. The molecule has 0 bridgehead atoms. The molecule has 1 amide bonds. The molecule has 1 saturated heterocycles. The highest BCUT2D eigenvalue weighted by Crippen LogP contribution is 2.25. The van der Waals surface area contributed by atoms with E-state index in [9.17, 15) is 13.6 Å². The monoisotopic (exact) mass is 242 g/mol. The minimum Gasteiger partial charge on any atom is -0.494 e. The highest BCUT2D eigenvalue weighted by Gasteiger charge is 2.25. The lowest BCUT2D eigenvalue weighted by Crippen LogP contribution is -2.48. The third-order valence-electron chi connectivity index (χ3n) is 2.65. The summed E-state index contributed by atoms with van der Waals surface area (Å²) in [5.74, 6) is -2.11. The van der Waals surface area contributed by atoms with Crippen LogP contribution in [0.5, 0.6) is 5.75 Å². The number of rotatable bonds is 3. The Bertz CT molecular complexity index is 447. The number of methoxy groups -OCH3 is 1. The molecule has 0 spiro atoms. The standard InChI is InChI=1S/C11H12F2N2O2/c1-17-10-3-7(12)9(2-8(10)13)15-11(16)6-4-14-5-6/h2-3,6,14H,4-5H2,1H3,(H,15,16). The van der Waals surface area contributed by atoms with Gasteiger partial charge in [-0.25, -0.2) is 8.78 Å². The summed E-state index contributed by atoms with van der Waals surface area (Å²) in [4.78, 5) is 11.5. The van der Waals surface area contributed by atoms with Gasteiger partial charge in [0.25, 0.3) is 0 Å². The number of anilines is 1. The Morgan fingerprint density at radius 1 is 1.41 bits per heavy atom. The molecule has 4 nitrogen and oxygen atoms in total. The SMILES string of the molecule is COc1cc(F)c(NC(=O)C2CNC2)cc1F. The molecular formula is C11H12F2N2O2. The molecule has 1 aromatic rings.